The van der Waals surface area contributed by atoms with Gasteiger partial charge in [-0.1, -0.05) is 18.2 Å². The molecule has 2 N–H and O–H groups in total. The number of rotatable bonds is 7. The molecule has 0 amide bonds. The summed E-state index contributed by atoms with van der Waals surface area (Å²) in [6.45, 7) is 0.545. The Morgan fingerprint density at radius 1 is 1.00 bits per heavy atom. The Balaban J connectivity index is 1.65. The highest BCUT2D eigenvalue weighted by molar-refractivity contribution is 5.57. The average molecular weight is 374 g/mol. The van der Waals surface area contributed by atoms with E-state index in [4.69, 9.17) is 4.74 Å². The quantitative estimate of drug-likeness (QED) is 0.604. The van der Waals surface area contributed by atoms with Crippen LogP contribution in [0.3, 0.4) is 0 Å². The van der Waals surface area contributed by atoms with Gasteiger partial charge in [-0.15, -0.1) is 0 Å². The zero-order valence-electron chi connectivity index (χ0n) is 14.5. The fraction of sp³-hybridized carbons (Fsp3) is 0.158. The normalized spacial score (nSPS) is 10.5. The predicted molar refractivity (Wildman–Crippen MR) is 96.8 cm³/mol. The lowest BCUT2D eigenvalue weighted by Gasteiger charge is -2.11. The number of hydrogen-bond acceptors (Lipinski definition) is 5. The van der Waals surface area contributed by atoms with Gasteiger partial charge in [-0.05, 0) is 36.2 Å². The van der Waals surface area contributed by atoms with E-state index < -0.39 is 17.5 Å². The van der Waals surface area contributed by atoms with E-state index in [1.54, 1.807) is 7.11 Å². The van der Waals surface area contributed by atoms with Gasteiger partial charge in [-0.3, -0.25) is 0 Å². The molecule has 1 aromatic heterocycles. The summed E-state index contributed by atoms with van der Waals surface area (Å²) < 4.78 is 45.4. The first-order chi connectivity index (χ1) is 13.1. The van der Waals surface area contributed by atoms with E-state index >= 15 is 0 Å². The molecule has 0 atom stereocenters. The number of halogens is 3. The third-order valence-electron chi connectivity index (χ3n) is 3.82. The molecule has 2 aromatic carbocycles. The molecular weight excluding hydrogens is 357 g/mol. The lowest BCUT2D eigenvalue weighted by atomic mass is 10.1. The highest BCUT2D eigenvalue weighted by Gasteiger charge is 2.14. The minimum atomic E-state index is -1.54. The van der Waals surface area contributed by atoms with Crippen LogP contribution < -0.4 is 15.4 Å². The lowest BCUT2D eigenvalue weighted by molar-refractivity contribution is 0.410. The van der Waals surface area contributed by atoms with Crippen molar-refractivity contribution < 1.29 is 17.9 Å². The van der Waals surface area contributed by atoms with Crippen molar-refractivity contribution >= 4 is 17.5 Å². The molecule has 140 valence electrons. The van der Waals surface area contributed by atoms with Crippen molar-refractivity contribution in [2.45, 2.75) is 6.42 Å². The van der Waals surface area contributed by atoms with Gasteiger partial charge in [0.2, 0.25) is 5.95 Å². The number of nitrogens with one attached hydrogen (secondary N) is 2. The van der Waals surface area contributed by atoms with E-state index in [0.717, 1.165) is 23.4 Å². The lowest BCUT2D eigenvalue weighted by Crippen LogP contribution is -2.09. The van der Waals surface area contributed by atoms with Crippen LogP contribution in [0.4, 0.5) is 30.6 Å². The molecule has 27 heavy (non-hydrogen) atoms. The van der Waals surface area contributed by atoms with Crippen LogP contribution in [0.5, 0.6) is 5.75 Å². The number of para-hydroxylation sites is 1. The summed E-state index contributed by atoms with van der Waals surface area (Å²) in [6, 6.07) is 11.1. The van der Waals surface area contributed by atoms with Gasteiger partial charge in [0.15, 0.2) is 17.5 Å². The molecule has 3 aromatic rings. The molecule has 0 unspecified atom stereocenters. The van der Waals surface area contributed by atoms with Crippen LogP contribution in [0.25, 0.3) is 0 Å². The molecule has 0 aliphatic carbocycles. The summed E-state index contributed by atoms with van der Waals surface area (Å²) >= 11 is 0. The van der Waals surface area contributed by atoms with Crippen LogP contribution >= 0.6 is 0 Å². The summed E-state index contributed by atoms with van der Waals surface area (Å²) in [6.07, 6.45) is 2.15. The fourth-order valence-electron chi connectivity index (χ4n) is 2.49. The second-order valence-electron chi connectivity index (χ2n) is 5.60. The monoisotopic (exact) mass is 374 g/mol. The zero-order valence-corrected chi connectivity index (χ0v) is 14.5. The predicted octanol–water partition coefficient (Wildman–Crippen LogP) is 4.30. The maximum Gasteiger partial charge on any atom is 0.224 e. The van der Waals surface area contributed by atoms with Crippen molar-refractivity contribution in [3.63, 3.8) is 0 Å². The van der Waals surface area contributed by atoms with Crippen molar-refractivity contribution in [3.8, 4) is 5.75 Å². The van der Waals surface area contributed by atoms with Crippen molar-refractivity contribution in [1.29, 1.82) is 0 Å². The molecule has 8 heteroatoms. The third kappa shape index (κ3) is 4.46. The molecule has 5 nitrogen and oxygen atoms in total. The smallest absolute Gasteiger partial charge is 0.224 e. The Bertz CT molecular complexity index is 937. The molecule has 1 heterocycles. The van der Waals surface area contributed by atoms with E-state index in [1.807, 2.05) is 24.3 Å². The first-order valence-corrected chi connectivity index (χ1v) is 8.18. The topological polar surface area (TPSA) is 59.1 Å². The van der Waals surface area contributed by atoms with E-state index in [2.05, 4.69) is 20.6 Å². The fourth-order valence-corrected chi connectivity index (χ4v) is 2.49. The second kappa shape index (κ2) is 8.39. The second-order valence-corrected chi connectivity index (χ2v) is 5.60. The van der Waals surface area contributed by atoms with Crippen LogP contribution in [0.15, 0.2) is 48.7 Å². The zero-order chi connectivity index (χ0) is 19.2. The molecular formula is C19H17F3N4O. The van der Waals surface area contributed by atoms with Gasteiger partial charge in [-0.25, -0.2) is 18.2 Å². The largest absolute Gasteiger partial charge is 0.496 e. The van der Waals surface area contributed by atoms with Crippen molar-refractivity contribution in [1.82, 2.24) is 9.97 Å². The van der Waals surface area contributed by atoms with Crippen molar-refractivity contribution in [2.75, 3.05) is 24.3 Å². The first kappa shape index (κ1) is 18.5. The summed E-state index contributed by atoms with van der Waals surface area (Å²) in [7, 11) is 1.61. The van der Waals surface area contributed by atoms with E-state index in [1.165, 1.54) is 12.3 Å². The van der Waals surface area contributed by atoms with Gasteiger partial charge in [0.25, 0.3) is 0 Å². The summed E-state index contributed by atoms with van der Waals surface area (Å²) in [5, 5.41) is 5.67. The standard InChI is InChI=1S/C19H17F3N4O/c1-27-15-5-3-2-4-12(15)8-10-23-19-24-11-9-16(26-19)25-14-7-6-13(20)17(21)18(14)22/h2-7,9,11H,8,10H2,1H3,(H2,23,24,25,26). The van der Waals surface area contributed by atoms with Crippen LogP contribution in [0.1, 0.15) is 5.56 Å². The molecule has 0 aliphatic heterocycles. The van der Waals surface area contributed by atoms with Crippen molar-refractivity contribution in [2.24, 2.45) is 0 Å². The Labute approximate surface area is 154 Å². The van der Waals surface area contributed by atoms with E-state index in [0.29, 0.717) is 18.9 Å². The number of nitrogens with zero attached hydrogens (tertiary/aromatic N) is 2. The summed E-state index contributed by atoms with van der Waals surface area (Å²) in [4.78, 5) is 8.28. The van der Waals surface area contributed by atoms with E-state index in [-0.39, 0.29) is 11.5 Å². The number of ether oxygens (including phenoxy) is 1. The Hall–Kier alpha value is -3.29. The number of anilines is 3. The minimum absolute atomic E-state index is 0.215. The molecule has 0 spiro atoms. The number of methoxy groups -OCH3 is 1. The first-order valence-electron chi connectivity index (χ1n) is 8.18. The summed E-state index contributed by atoms with van der Waals surface area (Å²) in [5.74, 6) is -2.74. The molecule has 0 aliphatic rings. The molecule has 0 fully saturated rings. The molecule has 3 rings (SSSR count). The van der Waals surface area contributed by atoms with Gasteiger partial charge in [-0.2, -0.15) is 4.98 Å². The Morgan fingerprint density at radius 2 is 1.81 bits per heavy atom. The molecule has 0 saturated heterocycles. The minimum Gasteiger partial charge on any atom is -0.496 e. The molecule has 0 radical (unpaired) electrons. The SMILES string of the molecule is COc1ccccc1CCNc1nccc(Nc2ccc(F)c(F)c2F)n1. The Morgan fingerprint density at radius 3 is 2.63 bits per heavy atom. The maximum absolute atomic E-state index is 13.8. The average Bonchev–Trinajstić information content (AvgIpc) is 2.69. The van der Waals surface area contributed by atoms with Gasteiger partial charge in [0, 0.05) is 12.7 Å². The van der Waals surface area contributed by atoms with Crippen LogP contribution in [-0.4, -0.2) is 23.6 Å². The van der Waals surface area contributed by atoms with Crippen LogP contribution in [0, 0.1) is 17.5 Å². The summed E-state index contributed by atoms with van der Waals surface area (Å²) in [5.41, 5.74) is 0.818. The van der Waals surface area contributed by atoms with Gasteiger partial charge in [0.05, 0.1) is 12.8 Å². The van der Waals surface area contributed by atoms with Crippen LogP contribution in [0.2, 0.25) is 0 Å². The van der Waals surface area contributed by atoms with Crippen molar-refractivity contribution in [3.05, 3.63) is 71.7 Å². The number of hydrogen-bond donors (Lipinski definition) is 2. The number of benzene rings is 2. The van der Waals surface area contributed by atoms with Gasteiger partial charge in [0.1, 0.15) is 11.6 Å². The number of aromatic nitrogens is 2. The maximum atomic E-state index is 13.8. The highest BCUT2D eigenvalue weighted by atomic mass is 19.2. The van der Waals surface area contributed by atoms with Crippen LogP contribution in [-0.2, 0) is 6.42 Å². The third-order valence-corrected chi connectivity index (χ3v) is 3.82. The van der Waals surface area contributed by atoms with Gasteiger partial charge >= 0.3 is 0 Å². The molecule has 0 bridgehead atoms. The molecule has 0 saturated carbocycles. The highest BCUT2D eigenvalue weighted by Crippen LogP contribution is 2.23. The van der Waals surface area contributed by atoms with E-state index in [9.17, 15) is 13.2 Å². The van der Waals surface area contributed by atoms with Gasteiger partial charge < -0.3 is 15.4 Å². The Kier molecular flexibility index (Phi) is 5.75.